The maximum Gasteiger partial charge on any atom is 0.363 e. The number of hydrogen-bond donors (Lipinski definition) is 0. The summed E-state index contributed by atoms with van der Waals surface area (Å²) in [6.07, 6.45) is 3.24. The lowest BCUT2D eigenvalue weighted by atomic mass is 10.0. The Bertz CT molecular complexity index is 987. The number of carbonyl (C=O) groups excluding carboxylic acids is 2. The van der Waals surface area contributed by atoms with E-state index in [1.54, 1.807) is 11.0 Å². The average Bonchev–Trinajstić information content (AvgIpc) is 3.24. The molecule has 2 aromatic rings. The molecule has 2 aliphatic heterocycles. The first-order chi connectivity index (χ1) is 13.0. The summed E-state index contributed by atoms with van der Waals surface area (Å²) in [6.45, 7) is 4.75. The lowest BCUT2D eigenvalue weighted by molar-refractivity contribution is -0.130. The normalized spacial score (nSPS) is 18.2. The van der Waals surface area contributed by atoms with Crippen LogP contribution in [-0.4, -0.2) is 24.3 Å². The summed E-state index contributed by atoms with van der Waals surface area (Å²) in [7, 11) is 0. The standard InChI is InChI=1S/C22H20N2O3/c1-14-5-6-15(2)17(12-14)13-19-22(26)27-21(23-19)16-7-9-18(10-8-16)24-11-3-4-20(24)25/h5-10,12-13H,3-4,11H2,1-2H3. The number of rotatable bonds is 3. The third-order valence-corrected chi connectivity index (χ3v) is 4.85. The zero-order chi connectivity index (χ0) is 19.0. The van der Waals surface area contributed by atoms with Crippen LogP contribution in [0.4, 0.5) is 5.69 Å². The van der Waals surface area contributed by atoms with Gasteiger partial charge in [0, 0.05) is 24.2 Å². The van der Waals surface area contributed by atoms with Crippen LogP contribution in [0.3, 0.4) is 0 Å². The van der Waals surface area contributed by atoms with E-state index in [9.17, 15) is 9.59 Å². The molecule has 27 heavy (non-hydrogen) atoms. The predicted molar refractivity (Wildman–Crippen MR) is 105 cm³/mol. The van der Waals surface area contributed by atoms with Crippen molar-refractivity contribution in [3.05, 3.63) is 70.4 Å². The summed E-state index contributed by atoms with van der Waals surface area (Å²) in [4.78, 5) is 30.2. The smallest absolute Gasteiger partial charge is 0.363 e. The highest BCUT2D eigenvalue weighted by molar-refractivity contribution is 6.13. The summed E-state index contributed by atoms with van der Waals surface area (Å²) in [5.41, 5.74) is 5.01. The van der Waals surface area contributed by atoms with Crippen LogP contribution < -0.4 is 4.90 Å². The van der Waals surface area contributed by atoms with Crippen LogP contribution in [0.25, 0.3) is 6.08 Å². The van der Waals surface area contributed by atoms with Gasteiger partial charge in [-0.1, -0.05) is 23.8 Å². The van der Waals surface area contributed by atoms with E-state index >= 15 is 0 Å². The predicted octanol–water partition coefficient (Wildman–Crippen LogP) is 3.77. The second-order valence-corrected chi connectivity index (χ2v) is 6.89. The number of hydrogen-bond acceptors (Lipinski definition) is 4. The molecule has 2 aliphatic rings. The molecule has 0 unspecified atom stereocenters. The van der Waals surface area contributed by atoms with Crippen molar-refractivity contribution < 1.29 is 14.3 Å². The van der Waals surface area contributed by atoms with Crippen LogP contribution in [0.15, 0.2) is 53.2 Å². The molecule has 4 rings (SSSR count). The molecule has 0 radical (unpaired) electrons. The zero-order valence-corrected chi connectivity index (χ0v) is 15.4. The van der Waals surface area contributed by atoms with Crippen LogP contribution >= 0.6 is 0 Å². The molecule has 0 N–H and O–H groups in total. The summed E-state index contributed by atoms with van der Waals surface area (Å²) < 4.78 is 5.35. The van der Waals surface area contributed by atoms with Gasteiger partial charge in [0.05, 0.1) is 0 Å². The number of esters is 1. The quantitative estimate of drug-likeness (QED) is 0.618. The Morgan fingerprint density at radius 3 is 2.56 bits per heavy atom. The monoisotopic (exact) mass is 360 g/mol. The van der Waals surface area contributed by atoms with Gasteiger partial charge in [-0.25, -0.2) is 9.79 Å². The Labute approximate surface area is 158 Å². The molecule has 0 aliphatic carbocycles. The first-order valence-corrected chi connectivity index (χ1v) is 9.02. The van der Waals surface area contributed by atoms with Gasteiger partial charge in [0.1, 0.15) is 0 Å². The molecular formula is C22H20N2O3. The lowest BCUT2D eigenvalue weighted by Crippen LogP contribution is -2.23. The maximum absolute atomic E-state index is 12.2. The molecule has 0 aromatic heterocycles. The molecule has 1 fully saturated rings. The molecule has 5 nitrogen and oxygen atoms in total. The summed E-state index contributed by atoms with van der Waals surface area (Å²) in [5.74, 6) is -0.0216. The van der Waals surface area contributed by atoms with E-state index in [0.29, 0.717) is 12.0 Å². The van der Waals surface area contributed by atoms with Crippen molar-refractivity contribution in [2.45, 2.75) is 26.7 Å². The van der Waals surface area contributed by atoms with Gasteiger partial charge in [-0.15, -0.1) is 0 Å². The van der Waals surface area contributed by atoms with E-state index in [4.69, 9.17) is 4.74 Å². The highest BCUT2D eigenvalue weighted by Crippen LogP contribution is 2.25. The Balaban J connectivity index is 1.60. The van der Waals surface area contributed by atoms with E-state index in [1.807, 2.05) is 56.3 Å². The first kappa shape index (κ1) is 17.2. The van der Waals surface area contributed by atoms with E-state index in [1.165, 1.54) is 0 Å². The van der Waals surface area contributed by atoms with Crippen molar-refractivity contribution in [1.29, 1.82) is 0 Å². The number of aryl methyl sites for hydroxylation is 2. The molecule has 136 valence electrons. The Morgan fingerprint density at radius 2 is 1.85 bits per heavy atom. The second-order valence-electron chi connectivity index (χ2n) is 6.89. The molecule has 5 heteroatoms. The van der Waals surface area contributed by atoms with Gasteiger partial charge < -0.3 is 9.64 Å². The van der Waals surface area contributed by atoms with Crippen LogP contribution in [0.2, 0.25) is 0 Å². The molecule has 1 amide bonds. The third kappa shape index (κ3) is 3.40. The van der Waals surface area contributed by atoms with Crippen molar-refractivity contribution in [3.63, 3.8) is 0 Å². The van der Waals surface area contributed by atoms with Crippen molar-refractivity contribution in [1.82, 2.24) is 0 Å². The van der Waals surface area contributed by atoms with Gasteiger partial charge in [0.2, 0.25) is 11.8 Å². The van der Waals surface area contributed by atoms with Crippen molar-refractivity contribution in [2.24, 2.45) is 4.99 Å². The van der Waals surface area contributed by atoms with Gasteiger partial charge in [-0.3, -0.25) is 4.79 Å². The number of aliphatic imine (C=N–C) groups is 1. The van der Waals surface area contributed by atoms with Crippen molar-refractivity contribution in [2.75, 3.05) is 11.4 Å². The number of anilines is 1. The maximum atomic E-state index is 12.2. The van der Waals surface area contributed by atoms with Crippen LogP contribution in [0.1, 0.15) is 35.1 Å². The van der Waals surface area contributed by atoms with Gasteiger partial charge in [0.25, 0.3) is 0 Å². The SMILES string of the molecule is Cc1ccc(C)c(C=C2N=C(c3ccc(N4CCCC4=O)cc3)OC2=O)c1. The highest BCUT2D eigenvalue weighted by Gasteiger charge is 2.25. The molecule has 0 bridgehead atoms. The van der Waals surface area contributed by atoms with Crippen LogP contribution in [0, 0.1) is 13.8 Å². The zero-order valence-electron chi connectivity index (χ0n) is 15.4. The number of nitrogens with zero attached hydrogens (tertiary/aromatic N) is 2. The first-order valence-electron chi connectivity index (χ1n) is 9.02. The minimum atomic E-state index is -0.454. The largest absolute Gasteiger partial charge is 0.402 e. The van der Waals surface area contributed by atoms with Gasteiger partial charge in [0.15, 0.2) is 5.70 Å². The second kappa shape index (κ2) is 6.83. The van der Waals surface area contributed by atoms with Crippen LogP contribution in [0.5, 0.6) is 0 Å². The Kier molecular flexibility index (Phi) is 4.36. The molecule has 2 aromatic carbocycles. The van der Waals surface area contributed by atoms with E-state index in [-0.39, 0.29) is 17.5 Å². The number of carbonyl (C=O) groups is 2. The summed E-state index contributed by atoms with van der Waals surface area (Å²) in [5, 5.41) is 0. The highest BCUT2D eigenvalue weighted by atomic mass is 16.6. The summed E-state index contributed by atoms with van der Waals surface area (Å²) in [6, 6.07) is 13.5. The molecule has 0 spiro atoms. The Hall–Kier alpha value is -3.21. The Morgan fingerprint density at radius 1 is 1.07 bits per heavy atom. The molecule has 2 heterocycles. The average molecular weight is 360 g/mol. The molecular weight excluding hydrogens is 340 g/mol. The van der Waals surface area contributed by atoms with E-state index in [0.717, 1.165) is 35.3 Å². The van der Waals surface area contributed by atoms with Crippen LogP contribution in [-0.2, 0) is 14.3 Å². The number of ether oxygens (including phenoxy) is 1. The number of cyclic esters (lactones) is 1. The molecule has 0 atom stereocenters. The fourth-order valence-electron chi connectivity index (χ4n) is 3.30. The van der Waals surface area contributed by atoms with Crippen molar-refractivity contribution >= 4 is 29.5 Å². The third-order valence-electron chi connectivity index (χ3n) is 4.85. The minimum Gasteiger partial charge on any atom is -0.402 e. The topological polar surface area (TPSA) is 59.0 Å². The minimum absolute atomic E-state index is 0.145. The summed E-state index contributed by atoms with van der Waals surface area (Å²) >= 11 is 0. The fraction of sp³-hybridized carbons (Fsp3) is 0.227. The number of benzene rings is 2. The van der Waals surface area contributed by atoms with Gasteiger partial charge in [-0.2, -0.15) is 0 Å². The molecule has 1 saturated heterocycles. The van der Waals surface area contributed by atoms with Crippen molar-refractivity contribution in [3.8, 4) is 0 Å². The fourth-order valence-corrected chi connectivity index (χ4v) is 3.30. The van der Waals surface area contributed by atoms with E-state index < -0.39 is 5.97 Å². The van der Waals surface area contributed by atoms with Gasteiger partial charge >= 0.3 is 5.97 Å². The lowest BCUT2D eigenvalue weighted by Gasteiger charge is -2.15. The number of amides is 1. The molecule has 0 saturated carbocycles. The van der Waals surface area contributed by atoms with E-state index in [2.05, 4.69) is 4.99 Å². The van der Waals surface area contributed by atoms with Gasteiger partial charge in [-0.05, 0) is 61.7 Å².